The number of hydrogen-bond acceptors (Lipinski definition) is 4. The van der Waals surface area contributed by atoms with Crippen molar-refractivity contribution in [2.75, 3.05) is 11.5 Å². The molecule has 1 fully saturated rings. The van der Waals surface area contributed by atoms with E-state index < -0.39 is 9.84 Å². The minimum absolute atomic E-state index is 0.195. The summed E-state index contributed by atoms with van der Waals surface area (Å²) in [6, 6.07) is 0. The molecule has 1 aromatic heterocycles. The fourth-order valence-corrected chi connectivity index (χ4v) is 3.65. The molecule has 0 saturated carbocycles. The van der Waals surface area contributed by atoms with Gasteiger partial charge in [-0.15, -0.1) is 0 Å². The second-order valence-corrected chi connectivity index (χ2v) is 6.82. The third-order valence-corrected chi connectivity index (χ3v) is 4.88. The van der Waals surface area contributed by atoms with E-state index in [1.807, 2.05) is 6.92 Å². The molecular formula is C10H14N2O3S. The van der Waals surface area contributed by atoms with E-state index in [0.717, 1.165) is 0 Å². The van der Waals surface area contributed by atoms with Crippen LogP contribution in [0.15, 0.2) is 6.20 Å². The second kappa shape index (κ2) is 3.69. The van der Waals surface area contributed by atoms with Crippen molar-refractivity contribution >= 4 is 16.1 Å². The van der Waals surface area contributed by atoms with Gasteiger partial charge in [0.25, 0.3) is 0 Å². The number of imidazole rings is 1. The molecule has 1 saturated heterocycles. The number of carbonyl (C=O) groups excluding carboxylic acids is 1. The molecule has 2 rings (SSSR count). The molecule has 0 amide bonds. The van der Waals surface area contributed by atoms with Crippen LogP contribution in [0.1, 0.15) is 36.1 Å². The molecule has 1 aliphatic heterocycles. The first-order chi connectivity index (χ1) is 7.45. The van der Waals surface area contributed by atoms with Gasteiger partial charge in [0.1, 0.15) is 15.7 Å². The normalized spacial score (nSPS) is 22.8. The number of aromatic amines is 1. The molecule has 0 bridgehead atoms. The summed E-state index contributed by atoms with van der Waals surface area (Å²) in [5.74, 6) is 1.10. The minimum atomic E-state index is -2.87. The Hall–Kier alpha value is -1.17. The maximum atomic E-state index is 11.3. The maximum Gasteiger partial charge on any atom is 0.167 e. The van der Waals surface area contributed by atoms with Crippen molar-refractivity contribution in [1.82, 2.24) is 9.97 Å². The Morgan fingerprint density at radius 3 is 2.56 bits per heavy atom. The predicted molar refractivity (Wildman–Crippen MR) is 59.2 cm³/mol. The lowest BCUT2D eigenvalue weighted by molar-refractivity contribution is 0.111. The van der Waals surface area contributed by atoms with Crippen molar-refractivity contribution in [3.05, 3.63) is 17.7 Å². The van der Waals surface area contributed by atoms with E-state index in [1.165, 1.54) is 6.20 Å². The van der Waals surface area contributed by atoms with Crippen LogP contribution in [0.2, 0.25) is 0 Å². The van der Waals surface area contributed by atoms with Crippen LogP contribution in [0.4, 0.5) is 0 Å². The first kappa shape index (κ1) is 11.3. The van der Waals surface area contributed by atoms with Gasteiger partial charge in [0.05, 0.1) is 23.4 Å². The zero-order chi connectivity index (χ0) is 11.8. The number of rotatable bonds is 2. The molecule has 0 radical (unpaired) electrons. The summed E-state index contributed by atoms with van der Waals surface area (Å²) in [4.78, 5) is 17.6. The molecule has 1 aromatic rings. The van der Waals surface area contributed by atoms with Gasteiger partial charge in [-0.25, -0.2) is 13.4 Å². The summed E-state index contributed by atoms with van der Waals surface area (Å²) in [5, 5.41) is 0. The zero-order valence-corrected chi connectivity index (χ0v) is 9.88. The summed E-state index contributed by atoms with van der Waals surface area (Å²) >= 11 is 0. The first-order valence-corrected chi connectivity index (χ1v) is 6.98. The highest BCUT2D eigenvalue weighted by molar-refractivity contribution is 7.91. The van der Waals surface area contributed by atoms with Gasteiger partial charge >= 0.3 is 0 Å². The van der Waals surface area contributed by atoms with Crippen LogP contribution >= 0.6 is 0 Å². The standard InChI is InChI=1S/C10H14N2O3S/c1-10(2-4-16(14,15)5-3-10)9-11-6-8(7-13)12-9/h6-7H,2-5H2,1H3,(H,11,12). The summed E-state index contributed by atoms with van der Waals surface area (Å²) in [6.07, 6.45) is 3.30. The van der Waals surface area contributed by atoms with Gasteiger partial charge in [-0.1, -0.05) is 6.92 Å². The smallest absolute Gasteiger partial charge is 0.167 e. The molecular weight excluding hydrogens is 228 g/mol. The van der Waals surface area contributed by atoms with Crippen LogP contribution in [-0.4, -0.2) is 36.2 Å². The summed E-state index contributed by atoms with van der Waals surface area (Å²) in [7, 11) is -2.87. The van der Waals surface area contributed by atoms with E-state index in [1.54, 1.807) is 0 Å². The van der Waals surface area contributed by atoms with E-state index in [-0.39, 0.29) is 16.9 Å². The molecule has 1 aliphatic rings. The molecule has 0 aliphatic carbocycles. The molecule has 16 heavy (non-hydrogen) atoms. The first-order valence-electron chi connectivity index (χ1n) is 5.16. The highest BCUT2D eigenvalue weighted by atomic mass is 32.2. The van der Waals surface area contributed by atoms with Crippen LogP contribution in [0.25, 0.3) is 0 Å². The molecule has 6 heteroatoms. The largest absolute Gasteiger partial charge is 0.339 e. The Labute approximate surface area is 94.2 Å². The number of carbonyl (C=O) groups is 1. The van der Waals surface area contributed by atoms with E-state index >= 15 is 0 Å². The van der Waals surface area contributed by atoms with E-state index in [2.05, 4.69) is 9.97 Å². The van der Waals surface area contributed by atoms with Crippen LogP contribution in [-0.2, 0) is 15.3 Å². The van der Waals surface area contributed by atoms with E-state index in [9.17, 15) is 13.2 Å². The van der Waals surface area contributed by atoms with Crippen molar-refractivity contribution in [2.45, 2.75) is 25.2 Å². The van der Waals surface area contributed by atoms with Crippen LogP contribution in [0.5, 0.6) is 0 Å². The molecule has 0 spiro atoms. The molecule has 0 aromatic carbocycles. The monoisotopic (exact) mass is 242 g/mol. The fraction of sp³-hybridized carbons (Fsp3) is 0.600. The topological polar surface area (TPSA) is 79.9 Å². The average molecular weight is 242 g/mol. The Balaban J connectivity index is 2.24. The Morgan fingerprint density at radius 2 is 2.06 bits per heavy atom. The lowest BCUT2D eigenvalue weighted by atomic mass is 9.83. The Morgan fingerprint density at radius 1 is 1.44 bits per heavy atom. The lowest BCUT2D eigenvalue weighted by Gasteiger charge is -2.31. The van der Waals surface area contributed by atoms with Crippen LogP contribution in [0.3, 0.4) is 0 Å². The third kappa shape index (κ3) is 2.02. The van der Waals surface area contributed by atoms with Crippen molar-refractivity contribution in [2.24, 2.45) is 0 Å². The minimum Gasteiger partial charge on any atom is -0.339 e. The molecule has 1 N–H and O–H groups in total. The predicted octanol–water partition coefficient (Wildman–Crippen LogP) is 0.688. The van der Waals surface area contributed by atoms with Gasteiger partial charge in [0.2, 0.25) is 0 Å². The zero-order valence-electron chi connectivity index (χ0n) is 9.06. The third-order valence-electron chi connectivity index (χ3n) is 3.22. The highest BCUT2D eigenvalue weighted by Crippen LogP contribution is 2.33. The quantitative estimate of drug-likeness (QED) is 0.774. The maximum absolute atomic E-state index is 11.3. The summed E-state index contributed by atoms with van der Waals surface area (Å²) in [5.41, 5.74) is 0.178. The van der Waals surface area contributed by atoms with Crippen molar-refractivity contribution in [1.29, 1.82) is 0 Å². The molecule has 0 unspecified atom stereocenters. The molecule has 2 heterocycles. The highest BCUT2D eigenvalue weighted by Gasteiger charge is 2.36. The summed E-state index contributed by atoms with van der Waals surface area (Å²) < 4.78 is 22.7. The molecule has 88 valence electrons. The molecule has 0 atom stereocenters. The van der Waals surface area contributed by atoms with Gasteiger partial charge in [-0.05, 0) is 12.8 Å². The number of H-pyrrole nitrogens is 1. The van der Waals surface area contributed by atoms with E-state index in [4.69, 9.17) is 0 Å². The van der Waals surface area contributed by atoms with Gasteiger partial charge < -0.3 is 4.98 Å². The van der Waals surface area contributed by atoms with Crippen molar-refractivity contribution in [3.63, 3.8) is 0 Å². The van der Waals surface area contributed by atoms with Gasteiger partial charge in [0, 0.05) is 5.41 Å². The number of nitrogens with zero attached hydrogens (tertiary/aromatic N) is 1. The second-order valence-electron chi connectivity index (χ2n) is 4.52. The fourth-order valence-electron chi connectivity index (χ4n) is 1.93. The van der Waals surface area contributed by atoms with Crippen LogP contribution < -0.4 is 0 Å². The van der Waals surface area contributed by atoms with Gasteiger partial charge in [0.15, 0.2) is 6.29 Å². The molecule has 5 nitrogen and oxygen atoms in total. The van der Waals surface area contributed by atoms with Crippen molar-refractivity contribution in [3.8, 4) is 0 Å². The lowest BCUT2D eigenvalue weighted by Crippen LogP contribution is -2.35. The number of hydrogen-bond donors (Lipinski definition) is 1. The Kier molecular flexibility index (Phi) is 2.61. The Bertz CT molecular complexity index is 490. The SMILES string of the molecule is CC1(c2ncc(C=O)[nH]2)CCS(=O)(=O)CC1. The van der Waals surface area contributed by atoms with Crippen molar-refractivity contribution < 1.29 is 13.2 Å². The average Bonchev–Trinajstić information content (AvgIpc) is 2.72. The van der Waals surface area contributed by atoms with Crippen LogP contribution in [0, 0.1) is 0 Å². The van der Waals surface area contributed by atoms with Gasteiger partial charge in [-0.3, -0.25) is 4.79 Å². The number of nitrogens with one attached hydrogen (secondary N) is 1. The van der Waals surface area contributed by atoms with E-state index in [0.29, 0.717) is 30.6 Å². The van der Waals surface area contributed by atoms with Gasteiger partial charge in [-0.2, -0.15) is 0 Å². The summed E-state index contributed by atoms with van der Waals surface area (Å²) in [6.45, 7) is 1.98. The number of aldehydes is 1. The number of aromatic nitrogens is 2. The number of sulfone groups is 1.